The van der Waals surface area contributed by atoms with Crippen LogP contribution in [0.3, 0.4) is 0 Å². The molecule has 0 spiro atoms. The summed E-state index contributed by atoms with van der Waals surface area (Å²) in [6.45, 7) is 4.09. The lowest BCUT2D eigenvalue weighted by molar-refractivity contribution is 0.0931. The van der Waals surface area contributed by atoms with Gasteiger partial charge in [0.1, 0.15) is 0 Å². The van der Waals surface area contributed by atoms with E-state index in [4.69, 9.17) is 0 Å². The number of rotatable bonds is 4. The first kappa shape index (κ1) is 15.3. The van der Waals surface area contributed by atoms with E-state index in [0.29, 0.717) is 0 Å². The molecule has 0 radical (unpaired) electrons. The van der Waals surface area contributed by atoms with Crippen LogP contribution in [0.5, 0.6) is 0 Å². The van der Waals surface area contributed by atoms with Crippen molar-refractivity contribution in [3.05, 3.63) is 69.7 Å². The number of benzene rings is 2. The van der Waals surface area contributed by atoms with E-state index in [2.05, 4.69) is 52.4 Å². The zero-order chi connectivity index (χ0) is 15.7. The Hall–Kier alpha value is -1.61. The van der Waals surface area contributed by atoms with E-state index in [0.717, 1.165) is 28.4 Å². The maximum absolute atomic E-state index is 12.5. The monoisotopic (exact) mass is 357 g/mol. The normalized spacial score (nSPS) is 16.9. The number of amides is 1. The van der Waals surface area contributed by atoms with Gasteiger partial charge < -0.3 is 5.32 Å². The van der Waals surface area contributed by atoms with Crippen LogP contribution < -0.4 is 5.32 Å². The summed E-state index contributed by atoms with van der Waals surface area (Å²) in [5.41, 5.74) is 3.19. The predicted octanol–water partition coefficient (Wildman–Crippen LogP) is 4.61. The van der Waals surface area contributed by atoms with Gasteiger partial charge in [-0.15, -0.1) is 0 Å². The summed E-state index contributed by atoms with van der Waals surface area (Å²) in [5, 5.41) is 3.20. The Morgan fingerprint density at radius 1 is 1.14 bits per heavy atom. The summed E-state index contributed by atoms with van der Waals surface area (Å²) in [6, 6.07) is 16.3. The van der Waals surface area contributed by atoms with Crippen molar-refractivity contribution in [2.75, 3.05) is 0 Å². The summed E-state index contributed by atoms with van der Waals surface area (Å²) in [4.78, 5) is 12.5. The molecule has 2 nitrogen and oxygen atoms in total. The number of carbonyl (C=O) groups is 1. The molecule has 1 saturated carbocycles. The minimum Gasteiger partial charge on any atom is -0.349 e. The van der Waals surface area contributed by atoms with Gasteiger partial charge in [0.25, 0.3) is 5.91 Å². The molecule has 2 aromatic rings. The van der Waals surface area contributed by atoms with E-state index in [1.807, 2.05) is 31.2 Å². The van der Waals surface area contributed by atoms with Crippen molar-refractivity contribution in [1.82, 2.24) is 5.32 Å². The van der Waals surface area contributed by atoms with Crippen LogP contribution in [0.4, 0.5) is 0 Å². The second kappa shape index (κ2) is 5.88. The van der Waals surface area contributed by atoms with Gasteiger partial charge in [0.2, 0.25) is 0 Å². The van der Waals surface area contributed by atoms with Gasteiger partial charge in [0, 0.05) is 21.5 Å². The molecule has 0 saturated heterocycles. The van der Waals surface area contributed by atoms with Gasteiger partial charge >= 0.3 is 0 Å². The first-order valence-electron chi connectivity index (χ1n) is 7.65. The summed E-state index contributed by atoms with van der Waals surface area (Å²) in [7, 11) is 0. The third-order valence-corrected chi connectivity index (χ3v) is 5.30. The second-order valence-electron chi connectivity index (χ2n) is 6.17. The molecule has 1 amide bonds. The van der Waals surface area contributed by atoms with E-state index in [-0.39, 0.29) is 17.4 Å². The van der Waals surface area contributed by atoms with Crippen LogP contribution in [-0.4, -0.2) is 11.9 Å². The van der Waals surface area contributed by atoms with Crippen LogP contribution in [0.25, 0.3) is 0 Å². The Labute approximate surface area is 140 Å². The van der Waals surface area contributed by atoms with Gasteiger partial charge in [0.15, 0.2) is 0 Å². The van der Waals surface area contributed by atoms with Crippen molar-refractivity contribution in [2.24, 2.45) is 0 Å². The van der Waals surface area contributed by atoms with Crippen molar-refractivity contribution in [2.45, 2.75) is 38.1 Å². The van der Waals surface area contributed by atoms with Crippen LogP contribution in [0.15, 0.2) is 53.0 Å². The molecule has 1 N–H and O–H groups in total. The van der Waals surface area contributed by atoms with Gasteiger partial charge in [-0.05, 0) is 56.0 Å². The van der Waals surface area contributed by atoms with E-state index in [1.165, 1.54) is 5.56 Å². The minimum absolute atomic E-state index is 0.0222. The molecule has 1 aliphatic carbocycles. The highest BCUT2D eigenvalue weighted by Crippen LogP contribution is 2.51. The standard InChI is InChI=1S/C19H20BrNO/c1-13-5-3-4-6-17(13)18(22)21-14(2)19(11-12-19)15-7-9-16(20)10-8-15/h3-10,14H,11-12H2,1-2H3,(H,21,22). The molecule has 114 valence electrons. The van der Waals surface area contributed by atoms with Gasteiger partial charge in [-0.2, -0.15) is 0 Å². The van der Waals surface area contributed by atoms with Crippen molar-refractivity contribution in [3.63, 3.8) is 0 Å². The van der Waals surface area contributed by atoms with Gasteiger partial charge in [-0.1, -0.05) is 46.3 Å². The molecular weight excluding hydrogens is 338 g/mol. The Kier molecular flexibility index (Phi) is 4.09. The fourth-order valence-electron chi connectivity index (χ4n) is 3.13. The van der Waals surface area contributed by atoms with E-state index in [9.17, 15) is 4.79 Å². The van der Waals surface area contributed by atoms with Crippen LogP contribution in [0.2, 0.25) is 0 Å². The third-order valence-electron chi connectivity index (χ3n) is 4.77. The number of hydrogen-bond acceptors (Lipinski definition) is 1. The van der Waals surface area contributed by atoms with Crippen molar-refractivity contribution in [1.29, 1.82) is 0 Å². The highest BCUT2D eigenvalue weighted by atomic mass is 79.9. The molecule has 2 aromatic carbocycles. The van der Waals surface area contributed by atoms with Crippen LogP contribution >= 0.6 is 15.9 Å². The maximum Gasteiger partial charge on any atom is 0.251 e. The molecule has 0 aromatic heterocycles. The summed E-state index contributed by atoms with van der Waals surface area (Å²) in [6.07, 6.45) is 2.26. The smallest absolute Gasteiger partial charge is 0.251 e. The number of carbonyl (C=O) groups excluding carboxylic acids is 1. The zero-order valence-electron chi connectivity index (χ0n) is 12.9. The van der Waals surface area contributed by atoms with E-state index < -0.39 is 0 Å². The Morgan fingerprint density at radius 3 is 2.36 bits per heavy atom. The highest BCUT2D eigenvalue weighted by molar-refractivity contribution is 9.10. The molecular formula is C19H20BrNO. The van der Waals surface area contributed by atoms with Gasteiger partial charge in [0.05, 0.1) is 0 Å². The maximum atomic E-state index is 12.5. The molecule has 0 aliphatic heterocycles. The predicted molar refractivity (Wildman–Crippen MR) is 93.2 cm³/mol. The van der Waals surface area contributed by atoms with Gasteiger partial charge in [-0.25, -0.2) is 0 Å². The molecule has 22 heavy (non-hydrogen) atoms. The fraction of sp³-hybridized carbons (Fsp3) is 0.316. The number of halogens is 1. The fourth-order valence-corrected chi connectivity index (χ4v) is 3.39. The largest absolute Gasteiger partial charge is 0.349 e. The lowest BCUT2D eigenvalue weighted by atomic mass is 9.88. The van der Waals surface area contributed by atoms with Crippen LogP contribution in [0, 0.1) is 6.92 Å². The van der Waals surface area contributed by atoms with Crippen LogP contribution in [-0.2, 0) is 5.41 Å². The average molecular weight is 358 g/mol. The number of aryl methyl sites for hydroxylation is 1. The number of nitrogens with one attached hydrogen (secondary N) is 1. The summed E-state index contributed by atoms with van der Waals surface area (Å²) >= 11 is 3.48. The average Bonchev–Trinajstić information content (AvgIpc) is 3.30. The lowest BCUT2D eigenvalue weighted by Gasteiger charge is -2.25. The second-order valence-corrected chi connectivity index (χ2v) is 7.09. The summed E-state index contributed by atoms with van der Waals surface area (Å²) in [5.74, 6) is 0.0222. The molecule has 0 heterocycles. The zero-order valence-corrected chi connectivity index (χ0v) is 14.5. The van der Waals surface area contributed by atoms with E-state index >= 15 is 0 Å². The third kappa shape index (κ3) is 2.82. The van der Waals surface area contributed by atoms with Crippen LogP contribution in [0.1, 0.15) is 41.3 Å². The van der Waals surface area contributed by atoms with Gasteiger partial charge in [-0.3, -0.25) is 4.79 Å². The topological polar surface area (TPSA) is 29.1 Å². The molecule has 1 unspecified atom stereocenters. The Morgan fingerprint density at radius 2 is 1.77 bits per heavy atom. The minimum atomic E-state index is 0.0222. The van der Waals surface area contributed by atoms with E-state index in [1.54, 1.807) is 0 Å². The first-order valence-corrected chi connectivity index (χ1v) is 8.45. The molecule has 3 heteroatoms. The summed E-state index contributed by atoms with van der Waals surface area (Å²) < 4.78 is 1.09. The highest BCUT2D eigenvalue weighted by Gasteiger charge is 2.49. The molecule has 1 fully saturated rings. The first-order chi connectivity index (χ1) is 10.5. The molecule has 1 atom stereocenters. The lowest BCUT2D eigenvalue weighted by Crippen LogP contribution is -2.41. The molecule has 3 rings (SSSR count). The quantitative estimate of drug-likeness (QED) is 0.850. The Balaban J connectivity index is 1.77. The van der Waals surface area contributed by atoms with Crippen molar-refractivity contribution in [3.8, 4) is 0 Å². The Bertz CT molecular complexity index is 689. The number of hydrogen-bond donors (Lipinski definition) is 1. The van der Waals surface area contributed by atoms with Crippen molar-refractivity contribution >= 4 is 21.8 Å². The molecule has 0 bridgehead atoms. The molecule has 1 aliphatic rings. The van der Waals surface area contributed by atoms with Crippen molar-refractivity contribution < 1.29 is 4.79 Å². The SMILES string of the molecule is Cc1ccccc1C(=O)NC(C)C1(c2ccc(Br)cc2)CC1.